The molecule has 0 unspecified atom stereocenters. The van der Waals surface area contributed by atoms with Crippen molar-refractivity contribution < 1.29 is 9.53 Å². The van der Waals surface area contributed by atoms with E-state index in [0.29, 0.717) is 17.1 Å². The van der Waals surface area contributed by atoms with Crippen molar-refractivity contribution in [2.24, 2.45) is 0 Å². The Morgan fingerprint density at radius 2 is 2.05 bits per heavy atom. The van der Waals surface area contributed by atoms with Crippen LogP contribution in [0.25, 0.3) is 17.1 Å². The van der Waals surface area contributed by atoms with Crippen molar-refractivity contribution in [1.29, 1.82) is 0 Å². The zero-order valence-electron chi connectivity index (χ0n) is 11.6. The van der Waals surface area contributed by atoms with Crippen molar-refractivity contribution in [3.63, 3.8) is 0 Å². The van der Waals surface area contributed by atoms with E-state index >= 15 is 0 Å². The maximum absolute atomic E-state index is 11.4. The normalized spacial score (nSPS) is 10.6. The van der Waals surface area contributed by atoms with Crippen LogP contribution in [0.4, 0.5) is 0 Å². The van der Waals surface area contributed by atoms with Gasteiger partial charge in [0.05, 0.1) is 18.9 Å². The Hall–Kier alpha value is -2.96. The summed E-state index contributed by atoms with van der Waals surface area (Å²) >= 11 is 0. The summed E-state index contributed by atoms with van der Waals surface area (Å²) in [6, 6.07) is 8.86. The minimum atomic E-state index is -0.364. The number of benzene rings is 1. The molecule has 2 heterocycles. The van der Waals surface area contributed by atoms with Crippen molar-refractivity contribution in [2.75, 3.05) is 7.11 Å². The summed E-state index contributed by atoms with van der Waals surface area (Å²) < 4.78 is 6.25. The van der Waals surface area contributed by atoms with Gasteiger partial charge in [0.25, 0.3) is 0 Å². The number of esters is 1. The van der Waals surface area contributed by atoms with E-state index in [1.165, 1.54) is 7.11 Å². The largest absolute Gasteiger partial charge is 0.465 e. The van der Waals surface area contributed by atoms with Crippen LogP contribution in [0.3, 0.4) is 0 Å². The molecule has 7 nitrogen and oxygen atoms in total. The number of carbonyl (C=O) groups is 1. The van der Waals surface area contributed by atoms with Gasteiger partial charge in [0.15, 0.2) is 5.82 Å². The molecular weight excluding hydrogens is 270 g/mol. The molecule has 0 aliphatic carbocycles. The Morgan fingerprint density at radius 3 is 2.67 bits per heavy atom. The first-order chi connectivity index (χ1) is 10.2. The molecule has 0 spiro atoms. The third-order valence-electron chi connectivity index (χ3n) is 3.02. The van der Waals surface area contributed by atoms with Crippen LogP contribution in [0.5, 0.6) is 0 Å². The van der Waals surface area contributed by atoms with E-state index in [0.717, 1.165) is 11.3 Å². The van der Waals surface area contributed by atoms with Crippen LogP contribution in [-0.2, 0) is 4.74 Å². The van der Waals surface area contributed by atoms with E-state index in [-0.39, 0.29) is 5.97 Å². The lowest BCUT2D eigenvalue weighted by Crippen LogP contribution is -2.00. The number of hydrogen-bond donors (Lipinski definition) is 1. The second kappa shape index (κ2) is 5.20. The molecule has 0 saturated carbocycles. The van der Waals surface area contributed by atoms with E-state index in [9.17, 15) is 4.79 Å². The smallest absolute Gasteiger partial charge is 0.337 e. The topological polar surface area (TPSA) is 85.7 Å². The highest BCUT2D eigenvalue weighted by Gasteiger charge is 2.09. The second-order valence-electron chi connectivity index (χ2n) is 4.53. The predicted octanol–water partition coefficient (Wildman–Crippen LogP) is 1.75. The van der Waals surface area contributed by atoms with Crippen LogP contribution in [0.1, 0.15) is 16.1 Å². The highest BCUT2D eigenvalue weighted by Crippen LogP contribution is 2.18. The van der Waals surface area contributed by atoms with Crippen LogP contribution in [0, 0.1) is 6.92 Å². The fourth-order valence-electron chi connectivity index (χ4n) is 1.92. The second-order valence-corrected chi connectivity index (χ2v) is 4.53. The number of ether oxygens (including phenoxy) is 1. The summed E-state index contributed by atoms with van der Waals surface area (Å²) in [6.07, 6.45) is 1.78. The van der Waals surface area contributed by atoms with Gasteiger partial charge in [-0.3, -0.25) is 5.10 Å². The Bertz CT molecular complexity index is 773. The van der Waals surface area contributed by atoms with Gasteiger partial charge >= 0.3 is 5.97 Å². The van der Waals surface area contributed by atoms with Crippen LogP contribution in [0.15, 0.2) is 36.5 Å². The third kappa shape index (κ3) is 2.53. The van der Waals surface area contributed by atoms with Gasteiger partial charge in [-0.15, -0.1) is 5.10 Å². The Balaban J connectivity index is 1.88. The summed E-state index contributed by atoms with van der Waals surface area (Å²) in [5, 5.41) is 15.1. The molecule has 2 aromatic heterocycles. The molecule has 3 rings (SSSR count). The molecule has 0 fully saturated rings. The van der Waals surface area contributed by atoms with Crippen molar-refractivity contribution in [3.8, 4) is 17.1 Å². The Morgan fingerprint density at radius 1 is 1.29 bits per heavy atom. The molecule has 3 aromatic rings. The van der Waals surface area contributed by atoms with E-state index in [2.05, 4.69) is 25.2 Å². The SMILES string of the molecule is COC(=O)c1ccc(-c2cn(-c3cc(C)[nH]n3)nn2)cc1. The van der Waals surface area contributed by atoms with Gasteiger partial charge in [-0.2, -0.15) is 9.78 Å². The number of aromatic amines is 1. The molecular formula is C14H13N5O2. The predicted molar refractivity (Wildman–Crippen MR) is 75.0 cm³/mol. The minimum Gasteiger partial charge on any atom is -0.465 e. The number of methoxy groups -OCH3 is 1. The molecule has 1 aromatic carbocycles. The number of aromatic nitrogens is 5. The van der Waals surface area contributed by atoms with Crippen molar-refractivity contribution >= 4 is 5.97 Å². The van der Waals surface area contributed by atoms with Crippen LogP contribution >= 0.6 is 0 Å². The van der Waals surface area contributed by atoms with Gasteiger partial charge in [-0.25, -0.2) is 4.79 Å². The lowest BCUT2D eigenvalue weighted by Gasteiger charge is -1.99. The number of nitrogens with zero attached hydrogens (tertiary/aromatic N) is 4. The number of aryl methyl sites for hydroxylation is 1. The molecule has 0 aliphatic heterocycles. The van der Waals surface area contributed by atoms with Crippen molar-refractivity contribution in [2.45, 2.75) is 6.92 Å². The zero-order chi connectivity index (χ0) is 14.8. The average Bonchev–Trinajstić information content (AvgIpc) is 3.15. The van der Waals surface area contributed by atoms with Gasteiger partial charge in [0, 0.05) is 17.3 Å². The number of hydrogen-bond acceptors (Lipinski definition) is 5. The van der Waals surface area contributed by atoms with Crippen LogP contribution in [0.2, 0.25) is 0 Å². The van der Waals surface area contributed by atoms with Crippen LogP contribution < -0.4 is 0 Å². The molecule has 7 heteroatoms. The molecule has 0 saturated heterocycles. The summed E-state index contributed by atoms with van der Waals surface area (Å²) in [5.41, 5.74) is 3.01. The molecule has 0 aliphatic rings. The van der Waals surface area contributed by atoms with Crippen molar-refractivity contribution in [3.05, 3.63) is 47.8 Å². The first kappa shape index (κ1) is 13.0. The van der Waals surface area contributed by atoms with Gasteiger partial charge in [-0.05, 0) is 19.1 Å². The summed E-state index contributed by atoms with van der Waals surface area (Å²) in [7, 11) is 1.35. The van der Waals surface area contributed by atoms with Gasteiger partial charge in [0.1, 0.15) is 5.69 Å². The molecule has 0 amide bonds. The lowest BCUT2D eigenvalue weighted by molar-refractivity contribution is 0.0601. The zero-order valence-corrected chi connectivity index (χ0v) is 11.6. The molecule has 0 radical (unpaired) electrons. The molecule has 0 bridgehead atoms. The average molecular weight is 283 g/mol. The maximum atomic E-state index is 11.4. The number of nitrogens with one attached hydrogen (secondary N) is 1. The highest BCUT2D eigenvalue weighted by atomic mass is 16.5. The van der Waals surface area contributed by atoms with Gasteiger partial charge < -0.3 is 4.74 Å². The third-order valence-corrected chi connectivity index (χ3v) is 3.02. The number of carbonyl (C=O) groups excluding carboxylic acids is 1. The minimum absolute atomic E-state index is 0.364. The lowest BCUT2D eigenvalue weighted by atomic mass is 10.1. The quantitative estimate of drug-likeness (QED) is 0.740. The van der Waals surface area contributed by atoms with Crippen molar-refractivity contribution in [1.82, 2.24) is 25.2 Å². The van der Waals surface area contributed by atoms with E-state index in [1.54, 1.807) is 35.1 Å². The monoisotopic (exact) mass is 283 g/mol. The number of rotatable bonds is 3. The van der Waals surface area contributed by atoms with Gasteiger partial charge in [0.2, 0.25) is 0 Å². The summed E-state index contributed by atoms with van der Waals surface area (Å²) in [5.74, 6) is 0.314. The fraction of sp³-hybridized carbons (Fsp3) is 0.143. The molecule has 1 N–H and O–H groups in total. The summed E-state index contributed by atoms with van der Waals surface area (Å²) in [6.45, 7) is 1.92. The first-order valence-electron chi connectivity index (χ1n) is 6.31. The molecule has 106 valence electrons. The molecule has 0 atom stereocenters. The summed E-state index contributed by atoms with van der Waals surface area (Å²) in [4.78, 5) is 11.4. The fourth-order valence-corrected chi connectivity index (χ4v) is 1.92. The Kier molecular flexibility index (Phi) is 3.23. The van der Waals surface area contributed by atoms with Gasteiger partial charge in [-0.1, -0.05) is 17.3 Å². The Labute approximate surface area is 120 Å². The molecule has 21 heavy (non-hydrogen) atoms. The first-order valence-corrected chi connectivity index (χ1v) is 6.31. The standard InChI is InChI=1S/C14H13N5O2/c1-9-7-13(17-15-9)19-8-12(16-18-19)10-3-5-11(6-4-10)14(20)21-2/h3-8H,1-2H3,(H,15,17). The van der Waals surface area contributed by atoms with E-state index in [4.69, 9.17) is 0 Å². The van der Waals surface area contributed by atoms with E-state index in [1.807, 2.05) is 13.0 Å². The van der Waals surface area contributed by atoms with Crippen LogP contribution in [-0.4, -0.2) is 38.3 Å². The van der Waals surface area contributed by atoms with E-state index < -0.39 is 0 Å². The maximum Gasteiger partial charge on any atom is 0.337 e. The highest BCUT2D eigenvalue weighted by molar-refractivity contribution is 5.89. The number of H-pyrrole nitrogens is 1.